The van der Waals surface area contributed by atoms with Crippen molar-refractivity contribution < 1.29 is 26.5 Å². The lowest BCUT2D eigenvalue weighted by Gasteiger charge is -2.35. The molecule has 1 amide bonds. The van der Waals surface area contributed by atoms with Gasteiger partial charge in [0.1, 0.15) is 17.2 Å². The van der Waals surface area contributed by atoms with E-state index in [4.69, 9.17) is 26.7 Å². The fourth-order valence-electron chi connectivity index (χ4n) is 4.59. The predicted molar refractivity (Wildman–Crippen MR) is 120 cm³/mol. The molecule has 9 nitrogen and oxygen atoms in total. The fraction of sp³-hybridized carbons (Fsp3) is 0.458. The van der Waals surface area contributed by atoms with Crippen LogP contribution >= 0.6 is 0 Å². The second-order valence-corrected chi connectivity index (χ2v) is 8.68. The Morgan fingerprint density at radius 3 is 3.03 bits per heavy atom. The summed E-state index contributed by atoms with van der Waals surface area (Å²) >= 11 is 0. The number of rotatable bonds is 5. The Kier molecular flexibility index (Phi) is 4.51. The van der Waals surface area contributed by atoms with Gasteiger partial charge >= 0.3 is 0 Å². The summed E-state index contributed by atoms with van der Waals surface area (Å²) in [6.45, 7) is 1.66. The van der Waals surface area contributed by atoms with E-state index in [-0.39, 0.29) is 11.8 Å². The summed E-state index contributed by atoms with van der Waals surface area (Å²) < 4.78 is 40.3. The molecule has 6 rings (SSSR count). The van der Waals surface area contributed by atoms with Crippen LogP contribution in [0.5, 0.6) is 5.75 Å². The zero-order chi connectivity index (χ0) is 24.2. The van der Waals surface area contributed by atoms with Crippen molar-refractivity contribution in [3.05, 3.63) is 35.8 Å². The topological polar surface area (TPSA) is 108 Å². The number of nitrogens with zero attached hydrogens (tertiary/aromatic N) is 2. The summed E-state index contributed by atoms with van der Waals surface area (Å²) in [6, 6.07) is 3.59. The smallest absolute Gasteiger partial charge is 0.222 e. The molecule has 172 valence electrons. The van der Waals surface area contributed by atoms with E-state index in [0.29, 0.717) is 63.1 Å². The molecule has 6 heterocycles. The second-order valence-electron chi connectivity index (χ2n) is 8.68. The van der Waals surface area contributed by atoms with E-state index in [0.717, 1.165) is 27.7 Å². The molecule has 0 radical (unpaired) electrons. The molecule has 3 aromatic rings. The zero-order valence-electron chi connectivity index (χ0n) is 20.3. The molecule has 33 heavy (non-hydrogen) atoms. The van der Waals surface area contributed by atoms with E-state index >= 15 is 0 Å². The Balaban J connectivity index is 1.50. The molecule has 0 aromatic carbocycles. The predicted octanol–water partition coefficient (Wildman–Crippen LogP) is 2.80. The zero-order valence-corrected chi connectivity index (χ0v) is 18.3. The standard InChI is InChI=1S/C24H26N4O5/c1-14(29)27-22-6-17-18(8-25-20(17)9-26-22)19-7-21(32-12-15-10-31-11-15)16-2-4-33-24(23(16)28-19)3-5-30-13-24/h6-9,15,25H,2-5,10-13H2,1H3,(H,26,27,29)/i12D2. The summed E-state index contributed by atoms with van der Waals surface area (Å²) in [5.74, 6) is 0.351. The molecule has 2 N–H and O–H groups in total. The number of aromatic amines is 1. The highest BCUT2D eigenvalue weighted by Gasteiger charge is 2.44. The molecular weight excluding hydrogens is 424 g/mol. The molecule has 1 unspecified atom stereocenters. The van der Waals surface area contributed by atoms with Crippen LogP contribution in [-0.4, -0.2) is 60.5 Å². The van der Waals surface area contributed by atoms with Crippen LogP contribution in [0.4, 0.5) is 5.82 Å². The average Bonchev–Trinajstić information content (AvgIpc) is 3.39. The SMILES string of the molecule is [2H]C([2H])(Oc1cc(-c2c[nH]c3cnc(NC(C)=O)cc23)nc2c1CCOC21CCOC1)C1COC1. The monoisotopic (exact) mass is 452 g/mol. The number of pyridine rings is 2. The molecule has 0 bridgehead atoms. The first-order valence-corrected chi connectivity index (χ1v) is 11.1. The highest BCUT2D eigenvalue weighted by Crippen LogP contribution is 2.44. The molecule has 0 aliphatic carbocycles. The van der Waals surface area contributed by atoms with Crippen molar-refractivity contribution >= 4 is 22.6 Å². The van der Waals surface area contributed by atoms with Crippen molar-refractivity contribution in [1.82, 2.24) is 15.0 Å². The molecule has 3 aliphatic rings. The summed E-state index contributed by atoms with van der Waals surface area (Å²) in [5.41, 5.74) is 3.10. The third kappa shape index (κ3) is 3.66. The quantitative estimate of drug-likeness (QED) is 0.613. The molecule has 3 aromatic heterocycles. The van der Waals surface area contributed by atoms with Crippen molar-refractivity contribution in [3.8, 4) is 17.0 Å². The number of hydrogen-bond acceptors (Lipinski definition) is 7. The number of carbonyl (C=O) groups is 1. The Labute approximate surface area is 193 Å². The van der Waals surface area contributed by atoms with Gasteiger partial charge in [-0.1, -0.05) is 0 Å². The fourth-order valence-corrected chi connectivity index (χ4v) is 4.59. The van der Waals surface area contributed by atoms with Gasteiger partial charge in [0.05, 0.1) is 58.8 Å². The van der Waals surface area contributed by atoms with Gasteiger partial charge in [0.15, 0.2) is 0 Å². The van der Waals surface area contributed by atoms with Crippen LogP contribution in [-0.2, 0) is 31.0 Å². The Hall–Kier alpha value is -3.01. The van der Waals surface area contributed by atoms with Gasteiger partial charge in [-0.15, -0.1) is 0 Å². The van der Waals surface area contributed by atoms with E-state index in [2.05, 4.69) is 15.3 Å². The van der Waals surface area contributed by atoms with Gasteiger partial charge in [0, 0.05) is 61.1 Å². The van der Waals surface area contributed by atoms with Crippen molar-refractivity contribution in [1.29, 1.82) is 0 Å². The van der Waals surface area contributed by atoms with Crippen molar-refractivity contribution in [2.24, 2.45) is 5.92 Å². The number of fused-ring (bicyclic) bond motifs is 3. The van der Waals surface area contributed by atoms with E-state index in [1.54, 1.807) is 18.3 Å². The highest BCUT2D eigenvalue weighted by atomic mass is 16.6. The lowest BCUT2D eigenvalue weighted by molar-refractivity contribution is -0.114. The first-order valence-electron chi connectivity index (χ1n) is 12.1. The molecule has 1 spiro atoms. The van der Waals surface area contributed by atoms with Crippen LogP contribution in [0.15, 0.2) is 24.5 Å². The average molecular weight is 453 g/mol. The molecule has 2 saturated heterocycles. The van der Waals surface area contributed by atoms with Crippen molar-refractivity contribution in [2.75, 3.05) is 44.9 Å². The van der Waals surface area contributed by atoms with Crippen LogP contribution in [0, 0.1) is 5.92 Å². The first kappa shape index (κ1) is 18.4. The number of anilines is 1. The van der Waals surface area contributed by atoms with Gasteiger partial charge < -0.3 is 29.2 Å². The van der Waals surface area contributed by atoms with E-state index < -0.39 is 12.2 Å². The Morgan fingerprint density at radius 1 is 1.36 bits per heavy atom. The highest BCUT2D eigenvalue weighted by molar-refractivity contribution is 5.97. The molecule has 3 aliphatic heterocycles. The molecule has 0 saturated carbocycles. The van der Waals surface area contributed by atoms with Gasteiger partial charge in [-0.3, -0.25) is 4.79 Å². The van der Waals surface area contributed by atoms with Crippen LogP contribution in [0.1, 0.15) is 27.3 Å². The maximum absolute atomic E-state index is 11.6. The number of hydrogen-bond donors (Lipinski definition) is 2. The summed E-state index contributed by atoms with van der Waals surface area (Å²) in [5, 5.41) is 3.54. The van der Waals surface area contributed by atoms with Gasteiger partial charge in [0.25, 0.3) is 0 Å². The van der Waals surface area contributed by atoms with E-state index in [1.165, 1.54) is 6.92 Å². The van der Waals surface area contributed by atoms with Crippen LogP contribution < -0.4 is 10.1 Å². The number of H-pyrrole nitrogens is 1. The normalized spacial score (nSPS) is 23.7. The van der Waals surface area contributed by atoms with Gasteiger partial charge in [-0.25, -0.2) is 9.97 Å². The van der Waals surface area contributed by atoms with Crippen molar-refractivity contribution in [2.45, 2.75) is 25.4 Å². The van der Waals surface area contributed by atoms with E-state index in [9.17, 15) is 4.79 Å². The molecule has 1 atom stereocenters. The van der Waals surface area contributed by atoms with Gasteiger partial charge in [-0.05, 0) is 6.07 Å². The maximum Gasteiger partial charge on any atom is 0.222 e. The minimum Gasteiger partial charge on any atom is -0.493 e. The summed E-state index contributed by atoms with van der Waals surface area (Å²) in [6.07, 6.45) is 4.73. The molecule has 2 fully saturated rings. The van der Waals surface area contributed by atoms with Crippen LogP contribution in [0.3, 0.4) is 0 Å². The summed E-state index contributed by atoms with van der Waals surface area (Å²) in [4.78, 5) is 24.1. The van der Waals surface area contributed by atoms with E-state index in [1.807, 2.05) is 6.20 Å². The number of aromatic nitrogens is 3. The number of amides is 1. The second kappa shape index (κ2) is 8.09. The lowest BCUT2D eigenvalue weighted by Crippen LogP contribution is -2.38. The number of nitrogens with one attached hydrogen (secondary N) is 2. The molecule has 9 heteroatoms. The Morgan fingerprint density at radius 2 is 2.27 bits per heavy atom. The van der Waals surface area contributed by atoms with Gasteiger partial charge in [-0.2, -0.15) is 0 Å². The van der Waals surface area contributed by atoms with Crippen LogP contribution in [0.2, 0.25) is 0 Å². The Bertz CT molecular complexity index is 1300. The van der Waals surface area contributed by atoms with Gasteiger partial charge in [0.2, 0.25) is 5.91 Å². The maximum atomic E-state index is 11.6. The van der Waals surface area contributed by atoms with Crippen LogP contribution in [0.25, 0.3) is 22.2 Å². The lowest BCUT2D eigenvalue weighted by atomic mass is 9.89. The first-order chi connectivity index (χ1) is 16.8. The minimum atomic E-state index is -1.88. The van der Waals surface area contributed by atoms with Crippen molar-refractivity contribution in [3.63, 3.8) is 0 Å². The number of ether oxygens (including phenoxy) is 4. The third-order valence-electron chi connectivity index (χ3n) is 6.35. The minimum absolute atomic E-state index is 0.209. The largest absolute Gasteiger partial charge is 0.493 e. The number of carbonyl (C=O) groups excluding carboxylic acids is 1. The third-order valence-corrected chi connectivity index (χ3v) is 6.35. The summed E-state index contributed by atoms with van der Waals surface area (Å²) in [7, 11) is 0. The molecular formula is C24H26N4O5.